The molecule has 0 saturated heterocycles. The molecule has 0 spiro atoms. The van der Waals surface area contributed by atoms with Gasteiger partial charge in [-0.2, -0.15) is 0 Å². The number of ether oxygens (including phenoxy) is 2. The van der Waals surface area contributed by atoms with Gasteiger partial charge in [-0.25, -0.2) is 9.59 Å². The van der Waals surface area contributed by atoms with E-state index in [0.717, 1.165) is 12.8 Å². The molecule has 0 unspecified atom stereocenters. The van der Waals surface area contributed by atoms with Gasteiger partial charge in [0.2, 0.25) is 0 Å². The van der Waals surface area contributed by atoms with Crippen LogP contribution >= 0.6 is 15.9 Å². The highest BCUT2D eigenvalue weighted by molar-refractivity contribution is 9.10. The summed E-state index contributed by atoms with van der Waals surface area (Å²) in [5.74, 6) is -0.644. The quantitative estimate of drug-likeness (QED) is 0.767. The first-order chi connectivity index (χ1) is 10.5. The number of rotatable bonds is 5. The summed E-state index contributed by atoms with van der Waals surface area (Å²) >= 11 is 3.24. The van der Waals surface area contributed by atoms with E-state index < -0.39 is 17.9 Å². The van der Waals surface area contributed by atoms with Gasteiger partial charge < -0.3 is 14.8 Å². The molecule has 1 aromatic rings. The zero-order valence-electron chi connectivity index (χ0n) is 11.8. The minimum absolute atomic E-state index is 0.175. The second kappa shape index (κ2) is 7.26. The predicted molar refractivity (Wildman–Crippen MR) is 80.7 cm³/mol. The maximum absolute atomic E-state index is 11.6. The molecule has 8 heteroatoms. The van der Waals surface area contributed by atoms with Crippen LogP contribution in [0.25, 0.3) is 0 Å². The van der Waals surface area contributed by atoms with Crippen molar-refractivity contribution in [1.29, 1.82) is 0 Å². The summed E-state index contributed by atoms with van der Waals surface area (Å²) in [6.07, 6.45) is 1.88. The second-order valence-electron chi connectivity index (χ2n) is 4.72. The Morgan fingerprint density at radius 3 is 2.64 bits per heavy atom. The minimum Gasteiger partial charge on any atom is -0.483 e. The molecule has 2 rings (SSSR count). The molecule has 0 radical (unpaired) electrons. The van der Waals surface area contributed by atoms with Gasteiger partial charge in [0.15, 0.2) is 6.61 Å². The highest BCUT2D eigenvalue weighted by Gasteiger charge is 2.24. The second-order valence-corrected chi connectivity index (χ2v) is 5.58. The summed E-state index contributed by atoms with van der Waals surface area (Å²) in [5.41, 5.74) is 0.356. The van der Waals surface area contributed by atoms with E-state index in [0.29, 0.717) is 15.8 Å². The third-order valence-electron chi connectivity index (χ3n) is 2.88. The number of urea groups is 1. The standard InChI is InChI=1S/C14H15BrN2O5/c1-21-13(19)8-2-5-11(10(15)6-8)22-7-12(18)17-14(20)16-9-3-4-9/h2,5-6,9H,3-4,7H2,1H3,(H2,16,17,18,20). The first kappa shape index (κ1) is 16.3. The Kier molecular flexibility index (Phi) is 5.37. The van der Waals surface area contributed by atoms with Crippen LogP contribution in [-0.2, 0) is 9.53 Å². The number of carbonyl (C=O) groups excluding carboxylic acids is 3. The normalized spacial score (nSPS) is 13.2. The number of esters is 1. The minimum atomic E-state index is -0.554. The van der Waals surface area contributed by atoms with E-state index in [-0.39, 0.29) is 12.6 Å². The molecule has 1 fully saturated rings. The summed E-state index contributed by atoms with van der Waals surface area (Å²) < 4.78 is 10.4. The Morgan fingerprint density at radius 2 is 2.05 bits per heavy atom. The van der Waals surface area contributed by atoms with E-state index in [4.69, 9.17) is 4.74 Å². The van der Waals surface area contributed by atoms with Crippen LogP contribution < -0.4 is 15.4 Å². The van der Waals surface area contributed by atoms with Gasteiger partial charge in [0.25, 0.3) is 5.91 Å². The average molecular weight is 371 g/mol. The summed E-state index contributed by atoms with van der Waals surface area (Å²) in [6.45, 7) is -0.311. The molecule has 1 aliphatic rings. The number of methoxy groups -OCH3 is 1. The number of imide groups is 1. The van der Waals surface area contributed by atoms with Crippen molar-refractivity contribution in [3.8, 4) is 5.75 Å². The molecule has 0 heterocycles. The number of benzene rings is 1. The van der Waals surface area contributed by atoms with Crippen molar-refractivity contribution in [2.75, 3.05) is 13.7 Å². The number of nitrogens with one attached hydrogen (secondary N) is 2. The van der Waals surface area contributed by atoms with Gasteiger partial charge in [-0.1, -0.05) is 0 Å². The van der Waals surface area contributed by atoms with Crippen molar-refractivity contribution >= 4 is 33.8 Å². The number of hydrogen-bond donors (Lipinski definition) is 2. The zero-order chi connectivity index (χ0) is 16.1. The van der Waals surface area contributed by atoms with Crippen LogP contribution in [0.2, 0.25) is 0 Å². The smallest absolute Gasteiger partial charge is 0.337 e. The Balaban J connectivity index is 1.83. The van der Waals surface area contributed by atoms with Gasteiger partial charge in [-0.3, -0.25) is 10.1 Å². The van der Waals surface area contributed by atoms with Crippen LogP contribution in [0.15, 0.2) is 22.7 Å². The first-order valence-corrected chi connectivity index (χ1v) is 7.40. The predicted octanol–water partition coefficient (Wildman–Crippen LogP) is 1.60. The summed E-state index contributed by atoms with van der Waals surface area (Å²) in [7, 11) is 1.29. The first-order valence-electron chi connectivity index (χ1n) is 6.60. The molecule has 22 heavy (non-hydrogen) atoms. The maximum Gasteiger partial charge on any atom is 0.337 e. The average Bonchev–Trinajstić information content (AvgIpc) is 3.28. The number of halogens is 1. The van der Waals surface area contributed by atoms with Crippen LogP contribution in [0, 0.1) is 0 Å². The Bertz CT molecular complexity index is 601. The lowest BCUT2D eigenvalue weighted by molar-refractivity contribution is -0.122. The fraction of sp³-hybridized carbons (Fsp3) is 0.357. The molecule has 7 nitrogen and oxygen atoms in total. The molecule has 3 amide bonds. The molecule has 0 aliphatic heterocycles. The Hall–Kier alpha value is -2.09. The van der Waals surface area contributed by atoms with Gasteiger partial charge in [-0.05, 0) is 47.0 Å². The van der Waals surface area contributed by atoms with Crippen LogP contribution in [0.1, 0.15) is 23.2 Å². The molecular weight excluding hydrogens is 356 g/mol. The van der Waals surface area contributed by atoms with Crippen LogP contribution in [0.5, 0.6) is 5.75 Å². The molecule has 1 saturated carbocycles. The summed E-state index contributed by atoms with van der Waals surface area (Å²) in [4.78, 5) is 34.3. The summed E-state index contributed by atoms with van der Waals surface area (Å²) in [6, 6.07) is 4.24. The zero-order valence-corrected chi connectivity index (χ0v) is 13.4. The molecule has 2 N–H and O–H groups in total. The molecule has 1 aromatic carbocycles. The number of amides is 3. The van der Waals surface area contributed by atoms with Crippen molar-refractivity contribution in [3.05, 3.63) is 28.2 Å². The molecule has 0 bridgehead atoms. The SMILES string of the molecule is COC(=O)c1ccc(OCC(=O)NC(=O)NC2CC2)c(Br)c1. The van der Waals surface area contributed by atoms with E-state index >= 15 is 0 Å². The van der Waals surface area contributed by atoms with Crippen molar-refractivity contribution in [3.63, 3.8) is 0 Å². The van der Waals surface area contributed by atoms with Gasteiger partial charge in [-0.15, -0.1) is 0 Å². The highest BCUT2D eigenvalue weighted by Crippen LogP contribution is 2.26. The third-order valence-corrected chi connectivity index (χ3v) is 3.50. The molecule has 0 atom stereocenters. The van der Waals surface area contributed by atoms with Crippen LogP contribution in [0.3, 0.4) is 0 Å². The largest absolute Gasteiger partial charge is 0.483 e. The lowest BCUT2D eigenvalue weighted by Gasteiger charge is -2.09. The third kappa shape index (κ3) is 4.73. The highest BCUT2D eigenvalue weighted by atomic mass is 79.9. The fourth-order valence-electron chi connectivity index (χ4n) is 1.62. The molecule has 1 aliphatic carbocycles. The van der Waals surface area contributed by atoms with Gasteiger partial charge >= 0.3 is 12.0 Å². The number of carbonyl (C=O) groups is 3. The van der Waals surface area contributed by atoms with Gasteiger partial charge in [0.05, 0.1) is 17.1 Å². The van der Waals surface area contributed by atoms with Crippen LogP contribution in [-0.4, -0.2) is 37.7 Å². The molecule has 118 valence electrons. The van der Waals surface area contributed by atoms with Gasteiger partial charge in [0.1, 0.15) is 5.75 Å². The summed E-state index contributed by atoms with van der Waals surface area (Å²) in [5, 5.41) is 4.81. The molecular formula is C14H15BrN2O5. The van der Waals surface area contributed by atoms with Crippen molar-refractivity contribution < 1.29 is 23.9 Å². The fourth-order valence-corrected chi connectivity index (χ4v) is 2.11. The van der Waals surface area contributed by atoms with E-state index in [1.165, 1.54) is 25.3 Å². The van der Waals surface area contributed by atoms with Crippen LogP contribution in [0.4, 0.5) is 4.79 Å². The monoisotopic (exact) mass is 370 g/mol. The van der Waals surface area contributed by atoms with E-state index in [1.807, 2.05) is 0 Å². The number of hydrogen-bond acceptors (Lipinski definition) is 5. The van der Waals surface area contributed by atoms with E-state index in [9.17, 15) is 14.4 Å². The van der Waals surface area contributed by atoms with Crippen molar-refractivity contribution in [2.45, 2.75) is 18.9 Å². The van der Waals surface area contributed by atoms with Gasteiger partial charge in [0, 0.05) is 6.04 Å². The Morgan fingerprint density at radius 1 is 1.32 bits per heavy atom. The maximum atomic E-state index is 11.6. The topological polar surface area (TPSA) is 93.7 Å². The van der Waals surface area contributed by atoms with E-state index in [2.05, 4.69) is 31.3 Å². The van der Waals surface area contributed by atoms with Crippen molar-refractivity contribution in [1.82, 2.24) is 10.6 Å². The van der Waals surface area contributed by atoms with Crippen molar-refractivity contribution in [2.24, 2.45) is 0 Å². The Labute approximate surface area is 135 Å². The lowest BCUT2D eigenvalue weighted by Crippen LogP contribution is -2.42. The molecule has 0 aromatic heterocycles. The lowest BCUT2D eigenvalue weighted by atomic mass is 10.2. The van der Waals surface area contributed by atoms with E-state index in [1.54, 1.807) is 0 Å².